The molecule has 0 aliphatic heterocycles. The SMILES string of the molecule is CCOC(=O)c1c(NC(=S)Nc2cc(OCC(F)(F)F)cc(OCC(F)(F)F)c2)sc(C)c1-c1ccccc1. The van der Waals surface area contributed by atoms with E-state index >= 15 is 0 Å². The van der Waals surface area contributed by atoms with Gasteiger partial charge in [-0.05, 0) is 31.6 Å². The van der Waals surface area contributed by atoms with Crippen LogP contribution in [0.5, 0.6) is 11.5 Å². The number of hydrogen-bond donors (Lipinski definition) is 2. The van der Waals surface area contributed by atoms with Crippen LogP contribution in [0.25, 0.3) is 11.1 Å². The number of rotatable bonds is 9. The minimum atomic E-state index is -4.68. The van der Waals surface area contributed by atoms with Crippen LogP contribution in [0.2, 0.25) is 0 Å². The molecule has 3 aromatic rings. The van der Waals surface area contributed by atoms with E-state index in [-0.39, 0.29) is 23.0 Å². The number of ether oxygens (including phenoxy) is 3. The van der Waals surface area contributed by atoms with Crippen molar-refractivity contribution < 1.29 is 45.3 Å². The third-order valence-electron chi connectivity index (χ3n) is 4.80. The van der Waals surface area contributed by atoms with Crippen molar-refractivity contribution in [2.75, 3.05) is 30.5 Å². The number of esters is 1. The minimum Gasteiger partial charge on any atom is -0.484 e. The number of alkyl halides is 6. The lowest BCUT2D eigenvalue weighted by Gasteiger charge is -2.16. The average molecular weight is 593 g/mol. The lowest BCUT2D eigenvalue weighted by molar-refractivity contribution is -0.153. The Balaban J connectivity index is 1.89. The Labute approximate surface area is 228 Å². The fraction of sp³-hybridized carbons (Fsp3) is 0.280. The first-order valence-corrected chi connectivity index (χ1v) is 12.5. The number of nitrogens with one attached hydrogen (secondary N) is 2. The number of halogens is 6. The Kier molecular flexibility index (Phi) is 9.67. The molecule has 14 heteroatoms. The van der Waals surface area contributed by atoms with Crippen LogP contribution in [0.3, 0.4) is 0 Å². The first-order chi connectivity index (χ1) is 18.3. The van der Waals surface area contributed by atoms with Gasteiger partial charge in [-0.25, -0.2) is 4.79 Å². The Morgan fingerprint density at radius 1 is 0.923 bits per heavy atom. The predicted octanol–water partition coefficient (Wildman–Crippen LogP) is 7.59. The summed E-state index contributed by atoms with van der Waals surface area (Å²) in [5, 5.41) is 5.79. The molecule has 0 amide bonds. The largest absolute Gasteiger partial charge is 0.484 e. The summed E-state index contributed by atoms with van der Waals surface area (Å²) in [6, 6.07) is 12.2. The van der Waals surface area contributed by atoms with Crippen molar-refractivity contribution in [1.82, 2.24) is 0 Å². The van der Waals surface area contributed by atoms with Crippen LogP contribution < -0.4 is 20.1 Å². The first kappa shape index (κ1) is 30.0. The average Bonchev–Trinajstić information content (AvgIpc) is 3.16. The Morgan fingerprint density at radius 2 is 1.49 bits per heavy atom. The summed E-state index contributed by atoms with van der Waals surface area (Å²) in [5.74, 6) is -1.40. The topological polar surface area (TPSA) is 68.8 Å². The molecular weight excluding hydrogens is 570 g/mol. The van der Waals surface area contributed by atoms with Gasteiger partial charge in [0.1, 0.15) is 22.1 Å². The van der Waals surface area contributed by atoms with Crippen LogP contribution in [-0.2, 0) is 4.74 Å². The zero-order valence-corrected chi connectivity index (χ0v) is 22.1. The highest BCUT2D eigenvalue weighted by molar-refractivity contribution is 7.80. The lowest BCUT2D eigenvalue weighted by atomic mass is 10.0. The zero-order chi connectivity index (χ0) is 28.8. The third-order valence-corrected chi connectivity index (χ3v) is 6.02. The van der Waals surface area contributed by atoms with Gasteiger partial charge < -0.3 is 24.8 Å². The highest BCUT2D eigenvalue weighted by Gasteiger charge is 2.30. The molecule has 0 atom stereocenters. The number of hydrogen-bond acceptors (Lipinski definition) is 6. The van der Waals surface area contributed by atoms with Crippen molar-refractivity contribution in [1.29, 1.82) is 0 Å². The van der Waals surface area contributed by atoms with Crippen molar-refractivity contribution in [2.45, 2.75) is 26.2 Å². The number of benzene rings is 2. The van der Waals surface area contributed by atoms with Crippen molar-refractivity contribution in [3.63, 3.8) is 0 Å². The molecule has 0 spiro atoms. The summed E-state index contributed by atoms with van der Waals surface area (Å²) in [6.45, 7) is 0.249. The number of carbonyl (C=O) groups is 1. The standard InChI is InChI=1S/C25H22F6N2O4S2/c1-3-35-22(34)20-19(15-7-5-4-6-8-15)14(2)39-21(20)33-23(38)32-16-9-17(36-12-24(26,27)28)11-18(10-16)37-13-25(29,30)31/h4-11H,3,12-13H2,1-2H3,(H2,32,33,38). The number of thiophene rings is 1. The fourth-order valence-electron chi connectivity index (χ4n) is 3.39. The normalized spacial score (nSPS) is 11.6. The maximum atomic E-state index is 12.9. The second-order valence-electron chi connectivity index (χ2n) is 7.90. The van der Waals surface area contributed by atoms with Crippen LogP contribution in [0.1, 0.15) is 22.2 Å². The zero-order valence-electron chi connectivity index (χ0n) is 20.5. The molecule has 1 aromatic heterocycles. The second kappa shape index (κ2) is 12.6. The molecule has 2 aromatic carbocycles. The van der Waals surface area contributed by atoms with Crippen molar-refractivity contribution in [2.24, 2.45) is 0 Å². The summed E-state index contributed by atoms with van der Waals surface area (Å²) >= 11 is 6.54. The van der Waals surface area contributed by atoms with Gasteiger partial charge in [0.05, 0.1) is 6.61 Å². The fourth-order valence-corrected chi connectivity index (χ4v) is 4.74. The number of anilines is 2. The molecule has 0 unspecified atom stereocenters. The molecule has 0 aliphatic carbocycles. The molecule has 39 heavy (non-hydrogen) atoms. The number of carbonyl (C=O) groups excluding carboxylic acids is 1. The van der Waals surface area contributed by atoms with E-state index < -0.39 is 43.0 Å². The van der Waals surface area contributed by atoms with Gasteiger partial charge in [0, 0.05) is 34.3 Å². The molecule has 1 heterocycles. The third kappa shape index (κ3) is 9.03. The molecule has 0 aliphatic rings. The molecular formula is C25H22F6N2O4S2. The van der Waals surface area contributed by atoms with Gasteiger partial charge in [-0.3, -0.25) is 0 Å². The molecule has 6 nitrogen and oxygen atoms in total. The van der Waals surface area contributed by atoms with Crippen LogP contribution in [0, 0.1) is 6.92 Å². The van der Waals surface area contributed by atoms with Gasteiger partial charge in [-0.15, -0.1) is 11.3 Å². The van der Waals surface area contributed by atoms with Crippen LogP contribution in [0.15, 0.2) is 48.5 Å². The molecule has 0 saturated heterocycles. The highest BCUT2D eigenvalue weighted by atomic mass is 32.1. The van der Waals surface area contributed by atoms with Gasteiger partial charge >= 0.3 is 18.3 Å². The van der Waals surface area contributed by atoms with Crippen LogP contribution >= 0.6 is 23.6 Å². The van der Waals surface area contributed by atoms with Crippen LogP contribution in [0.4, 0.5) is 37.0 Å². The van der Waals surface area contributed by atoms with Gasteiger partial charge in [0.15, 0.2) is 18.3 Å². The van der Waals surface area contributed by atoms with Crippen LogP contribution in [-0.4, -0.2) is 43.3 Å². The summed E-state index contributed by atoms with van der Waals surface area (Å²) < 4.78 is 90.3. The van der Waals surface area contributed by atoms with E-state index in [1.807, 2.05) is 37.3 Å². The van der Waals surface area contributed by atoms with E-state index in [9.17, 15) is 31.1 Å². The monoisotopic (exact) mass is 592 g/mol. The summed E-state index contributed by atoms with van der Waals surface area (Å²) in [6.07, 6.45) is -9.35. The number of thiocarbonyl (C=S) groups is 1. The smallest absolute Gasteiger partial charge is 0.422 e. The molecule has 0 bridgehead atoms. The first-order valence-electron chi connectivity index (χ1n) is 11.2. The van der Waals surface area contributed by atoms with Crippen molar-refractivity contribution in [3.8, 4) is 22.6 Å². The Bertz CT molecular complexity index is 1270. The van der Waals surface area contributed by atoms with E-state index in [1.165, 1.54) is 11.3 Å². The van der Waals surface area contributed by atoms with Crippen molar-refractivity contribution >= 4 is 45.3 Å². The van der Waals surface area contributed by atoms with Crippen molar-refractivity contribution in [3.05, 3.63) is 59.0 Å². The van der Waals surface area contributed by atoms with E-state index in [0.29, 0.717) is 10.6 Å². The van der Waals surface area contributed by atoms with E-state index in [2.05, 4.69) is 20.1 Å². The minimum absolute atomic E-state index is 0.0152. The molecule has 210 valence electrons. The van der Waals surface area contributed by atoms with Gasteiger partial charge in [0.25, 0.3) is 0 Å². The quantitative estimate of drug-likeness (QED) is 0.151. The predicted molar refractivity (Wildman–Crippen MR) is 140 cm³/mol. The van der Waals surface area contributed by atoms with E-state index in [0.717, 1.165) is 28.6 Å². The Morgan fingerprint density at radius 3 is 2.00 bits per heavy atom. The summed E-state index contributed by atoms with van der Waals surface area (Å²) in [7, 11) is 0. The maximum Gasteiger partial charge on any atom is 0.422 e. The summed E-state index contributed by atoms with van der Waals surface area (Å²) in [4.78, 5) is 13.6. The van der Waals surface area contributed by atoms with E-state index in [4.69, 9.17) is 17.0 Å². The Hall–Kier alpha value is -3.52. The number of aryl methyl sites for hydroxylation is 1. The molecule has 0 fully saturated rings. The molecule has 0 saturated carbocycles. The van der Waals surface area contributed by atoms with Gasteiger partial charge in [-0.2, -0.15) is 26.3 Å². The van der Waals surface area contributed by atoms with Gasteiger partial charge in [0.2, 0.25) is 0 Å². The molecule has 2 N–H and O–H groups in total. The van der Waals surface area contributed by atoms with E-state index in [1.54, 1.807) is 6.92 Å². The molecule has 3 rings (SSSR count). The maximum absolute atomic E-state index is 12.9. The second-order valence-corrected chi connectivity index (χ2v) is 9.54. The molecule has 0 radical (unpaired) electrons. The summed E-state index contributed by atoms with van der Waals surface area (Å²) in [5.41, 5.74) is 1.61. The van der Waals surface area contributed by atoms with Gasteiger partial charge in [-0.1, -0.05) is 30.3 Å². The highest BCUT2D eigenvalue weighted by Crippen LogP contribution is 2.40. The lowest BCUT2D eigenvalue weighted by Crippen LogP contribution is -2.22.